The first-order valence-electron chi connectivity index (χ1n) is 6.82. The van der Waals surface area contributed by atoms with Crippen LogP contribution in [0, 0.1) is 0 Å². The topological polar surface area (TPSA) is 60.9 Å². The second-order valence-corrected chi connectivity index (χ2v) is 5.20. The first-order valence-corrected chi connectivity index (χ1v) is 6.82. The van der Waals surface area contributed by atoms with E-state index in [0.29, 0.717) is 13.1 Å². The van der Waals surface area contributed by atoms with Gasteiger partial charge in [-0.1, -0.05) is 24.3 Å². The van der Waals surface area contributed by atoms with Crippen molar-refractivity contribution in [3.63, 3.8) is 0 Å². The summed E-state index contributed by atoms with van der Waals surface area (Å²) in [6.07, 6.45) is 1.86. The number of carbonyl (C=O) groups excluding carboxylic acids is 1. The van der Waals surface area contributed by atoms with E-state index in [2.05, 4.69) is 6.07 Å². The Hall–Kier alpha value is -2.04. The fraction of sp³-hybridized carbons (Fsp3) is 0.467. The number of carboxylic acids is 1. The summed E-state index contributed by atoms with van der Waals surface area (Å²) in [7, 11) is 1.54. The summed E-state index contributed by atoms with van der Waals surface area (Å²) in [5.41, 5.74) is 2.42. The Morgan fingerprint density at radius 2 is 1.95 bits per heavy atom. The third-order valence-corrected chi connectivity index (χ3v) is 3.86. The molecule has 0 bridgehead atoms. The first-order chi connectivity index (χ1) is 9.50. The lowest BCUT2D eigenvalue weighted by Crippen LogP contribution is -2.47. The Labute approximate surface area is 118 Å². The molecule has 1 aliphatic rings. The molecule has 1 unspecified atom stereocenters. The Balaban J connectivity index is 2.13. The minimum Gasteiger partial charge on any atom is -0.480 e. The predicted molar refractivity (Wildman–Crippen MR) is 75.4 cm³/mol. The highest BCUT2D eigenvalue weighted by Gasteiger charge is 2.27. The van der Waals surface area contributed by atoms with E-state index in [1.54, 1.807) is 4.90 Å². The van der Waals surface area contributed by atoms with Crippen LogP contribution in [-0.2, 0) is 17.8 Å². The fourth-order valence-electron chi connectivity index (χ4n) is 2.42. The van der Waals surface area contributed by atoms with Crippen molar-refractivity contribution >= 4 is 12.0 Å². The van der Waals surface area contributed by atoms with Crippen LogP contribution in [0.4, 0.5) is 4.79 Å². The van der Waals surface area contributed by atoms with Gasteiger partial charge in [0.05, 0.1) is 0 Å². The van der Waals surface area contributed by atoms with Gasteiger partial charge in [0.2, 0.25) is 0 Å². The number of hydrogen-bond acceptors (Lipinski definition) is 2. The number of aryl methyl sites for hydroxylation is 1. The highest BCUT2D eigenvalue weighted by molar-refractivity contribution is 5.82. The summed E-state index contributed by atoms with van der Waals surface area (Å²) in [6.45, 7) is 2.72. The molecule has 0 aromatic heterocycles. The molecule has 0 fully saturated rings. The fourth-order valence-corrected chi connectivity index (χ4v) is 2.42. The lowest BCUT2D eigenvalue weighted by Gasteiger charge is -2.29. The van der Waals surface area contributed by atoms with Crippen LogP contribution in [-0.4, -0.2) is 46.5 Å². The van der Waals surface area contributed by atoms with Crippen LogP contribution >= 0.6 is 0 Å². The van der Waals surface area contributed by atoms with Gasteiger partial charge in [0.15, 0.2) is 0 Å². The van der Waals surface area contributed by atoms with E-state index in [-0.39, 0.29) is 6.03 Å². The van der Waals surface area contributed by atoms with Gasteiger partial charge < -0.3 is 14.9 Å². The summed E-state index contributed by atoms with van der Waals surface area (Å²) in [5.74, 6) is -0.990. The maximum absolute atomic E-state index is 12.4. The van der Waals surface area contributed by atoms with Crippen molar-refractivity contribution < 1.29 is 14.7 Å². The quantitative estimate of drug-likeness (QED) is 0.898. The second kappa shape index (κ2) is 5.94. The average Bonchev–Trinajstić information content (AvgIpc) is 2.66. The zero-order valence-electron chi connectivity index (χ0n) is 11.9. The molecule has 5 nitrogen and oxygen atoms in total. The number of rotatable bonds is 2. The number of carbonyl (C=O) groups is 2. The van der Waals surface area contributed by atoms with Gasteiger partial charge in [0.25, 0.3) is 0 Å². The normalized spacial score (nSPS) is 16.0. The molecule has 1 aliphatic heterocycles. The Bertz CT molecular complexity index is 516. The van der Waals surface area contributed by atoms with E-state index < -0.39 is 12.0 Å². The van der Waals surface area contributed by atoms with Crippen LogP contribution < -0.4 is 0 Å². The molecule has 0 radical (unpaired) electrons. The SMILES string of the molecule is CC(C(=O)O)N(C)C(=O)N1CCCc2ccccc2C1. The number of benzene rings is 1. The number of aliphatic carboxylic acids is 1. The van der Waals surface area contributed by atoms with Gasteiger partial charge in [-0.25, -0.2) is 9.59 Å². The Morgan fingerprint density at radius 1 is 1.30 bits per heavy atom. The van der Waals surface area contributed by atoms with E-state index in [1.807, 2.05) is 18.2 Å². The van der Waals surface area contributed by atoms with Crippen LogP contribution in [0.15, 0.2) is 24.3 Å². The van der Waals surface area contributed by atoms with E-state index in [9.17, 15) is 9.59 Å². The third-order valence-electron chi connectivity index (χ3n) is 3.86. The number of nitrogens with zero attached hydrogens (tertiary/aromatic N) is 2. The highest BCUT2D eigenvalue weighted by atomic mass is 16.4. The predicted octanol–water partition coefficient (Wildman–Crippen LogP) is 1.96. The molecule has 0 saturated heterocycles. The van der Waals surface area contributed by atoms with Gasteiger partial charge in [0, 0.05) is 20.1 Å². The summed E-state index contributed by atoms with van der Waals surface area (Å²) in [5, 5.41) is 9.00. The summed E-state index contributed by atoms with van der Waals surface area (Å²) in [4.78, 5) is 26.4. The van der Waals surface area contributed by atoms with E-state index in [4.69, 9.17) is 5.11 Å². The molecule has 1 atom stereocenters. The number of likely N-dealkylation sites (N-methyl/N-ethyl adjacent to an activating group) is 1. The Kier molecular flexibility index (Phi) is 4.27. The minimum absolute atomic E-state index is 0.225. The Morgan fingerprint density at radius 3 is 2.60 bits per heavy atom. The number of amides is 2. The minimum atomic E-state index is -0.990. The molecule has 20 heavy (non-hydrogen) atoms. The molecule has 1 heterocycles. The zero-order chi connectivity index (χ0) is 14.7. The maximum atomic E-state index is 12.4. The molecule has 0 saturated carbocycles. The van der Waals surface area contributed by atoms with Crippen LogP contribution in [0.3, 0.4) is 0 Å². The molecule has 1 N–H and O–H groups in total. The standard InChI is InChI=1S/C15H20N2O3/c1-11(14(18)19)16(2)15(20)17-9-5-8-12-6-3-4-7-13(12)10-17/h3-4,6-7,11H,5,8-10H2,1-2H3,(H,18,19). The molecule has 1 aromatic carbocycles. The molecule has 5 heteroatoms. The van der Waals surface area contributed by atoms with Crippen LogP contribution in [0.2, 0.25) is 0 Å². The molecule has 2 rings (SSSR count). The van der Waals surface area contributed by atoms with Gasteiger partial charge in [-0.15, -0.1) is 0 Å². The van der Waals surface area contributed by atoms with Crippen molar-refractivity contribution in [2.45, 2.75) is 32.4 Å². The van der Waals surface area contributed by atoms with Crippen molar-refractivity contribution in [3.05, 3.63) is 35.4 Å². The molecule has 108 valence electrons. The van der Waals surface area contributed by atoms with Crippen LogP contribution in [0.1, 0.15) is 24.5 Å². The first kappa shape index (κ1) is 14.4. The average molecular weight is 276 g/mol. The zero-order valence-corrected chi connectivity index (χ0v) is 11.9. The van der Waals surface area contributed by atoms with Gasteiger partial charge in [-0.3, -0.25) is 0 Å². The largest absolute Gasteiger partial charge is 0.480 e. The van der Waals surface area contributed by atoms with Gasteiger partial charge in [0.1, 0.15) is 6.04 Å². The van der Waals surface area contributed by atoms with Gasteiger partial charge >= 0.3 is 12.0 Å². The number of hydrogen-bond donors (Lipinski definition) is 1. The van der Waals surface area contributed by atoms with Crippen molar-refractivity contribution in [1.82, 2.24) is 9.80 Å². The van der Waals surface area contributed by atoms with Crippen molar-refractivity contribution in [2.75, 3.05) is 13.6 Å². The van der Waals surface area contributed by atoms with Crippen molar-refractivity contribution in [3.8, 4) is 0 Å². The smallest absolute Gasteiger partial charge is 0.326 e. The lowest BCUT2D eigenvalue weighted by atomic mass is 10.0. The summed E-state index contributed by atoms with van der Waals surface area (Å²) >= 11 is 0. The highest BCUT2D eigenvalue weighted by Crippen LogP contribution is 2.19. The summed E-state index contributed by atoms with van der Waals surface area (Å²) < 4.78 is 0. The van der Waals surface area contributed by atoms with Crippen molar-refractivity contribution in [1.29, 1.82) is 0 Å². The number of fused-ring (bicyclic) bond motifs is 1. The van der Waals surface area contributed by atoms with Crippen LogP contribution in [0.5, 0.6) is 0 Å². The molecular weight excluding hydrogens is 256 g/mol. The second-order valence-electron chi connectivity index (χ2n) is 5.20. The van der Waals surface area contributed by atoms with Gasteiger partial charge in [-0.2, -0.15) is 0 Å². The monoisotopic (exact) mass is 276 g/mol. The summed E-state index contributed by atoms with van der Waals surface area (Å²) in [6, 6.07) is 7.05. The molecule has 2 amide bonds. The lowest BCUT2D eigenvalue weighted by molar-refractivity contribution is -0.141. The third kappa shape index (κ3) is 2.92. The van der Waals surface area contributed by atoms with E-state index in [1.165, 1.54) is 24.4 Å². The van der Waals surface area contributed by atoms with Gasteiger partial charge in [-0.05, 0) is 30.9 Å². The van der Waals surface area contributed by atoms with E-state index >= 15 is 0 Å². The van der Waals surface area contributed by atoms with E-state index in [0.717, 1.165) is 18.4 Å². The molecule has 0 aliphatic carbocycles. The van der Waals surface area contributed by atoms with Crippen molar-refractivity contribution in [2.24, 2.45) is 0 Å². The molecular formula is C15H20N2O3. The molecule has 1 aromatic rings. The molecule has 0 spiro atoms. The maximum Gasteiger partial charge on any atom is 0.326 e. The van der Waals surface area contributed by atoms with Crippen LogP contribution in [0.25, 0.3) is 0 Å². The number of carboxylic acid groups (broad SMARTS) is 1. The number of urea groups is 1.